The third-order valence-electron chi connectivity index (χ3n) is 1.86. The number of hydrogen-bond donors (Lipinski definition) is 3. The molecule has 0 aliphatic carbocycles. The van der Waals surface area contributed by atoms with E-state index in [-0.39, 0.29) is 0 Å². The fourth-order valence-corrected chi connectivity index (χ4v) is 1.20. The van der Waals surface area contributed by atoms with Crippen LogP contribution in [0, 0.1) is 0 Å². The lowest BCUT2D eigenvalue weighted by atomic mass is 10.2. The number of nitrogens with one attached hydrogen (secondary N) is 2. The molecule has 0 aliphatic heterocycles. The van der Waals surface area contributed by atoms with E-state index in [1.165, 1.54) is 6.33 Å². The van der Waals surface area contributed by atoms with Gasteiger partial charge in [-0.15, -0.1) is 0 Å². The van der Waals surface area contributed by atoms with E-state index < -0.39 is 13.0 Å². The van der Waals surface area contributed by atoms with Crippen molar-refractivity contribution >= 4 is 11.6 Å². The van der Waals surface area contributed by atoms with Crippen molar-refractivity contribution in [1.29, 1.82) is 0 Å². The lowest BCUT2D eigenvalue weighted by Gasteiger charge is -2.11. The first-order chi connectivity index (χ1) is 7.19. The van der Waals surface area contributed by atoms with Gasteiger partial charge in [0, 0.05) is 5.56 Å². The molecule has 0 aromatic carbocycles. The van der Waals surface area contributed by atoms with Gasteiger partial charge in [0.15, 0.2) is 0 Å². The van der Waals surface area contributed by atoms with Crippen LogP contribution in [0.3, 0.4) is 0 Å². The van der Waals surface area contributed by atoms with Crippen molar-refractivity contribution in [3.63, 3.8) is 0 Å². The van der Waals surface area contributed by atoms with Crippen LogP contribution in [0.25, 0.3) is 0 Å². The second-order valence-electron chi connectivity index (χ2n) is 2.82. The van der Waals surface area contributed by atoms with Crippen molar-refractivity contribution in [3.05, 3.63) is 11.9 Å². The maximum absolute atomic E-state index is 12.0. The quantitative estimate of drug-likeness (QED) is 0.506. The van der Waals surface area contributed by atoms with Gasteiger partial charge in [-0.05, 0) is 6.42 Å². The Balaban J connectivity index is 2.86. The number of halogens is 2. The molecule has 0 unspecified atom stereocenters. The Morgan fingerprint density at radius 3 is 2.60 bits per heavy atom. The van der Waals surface area contributed by atoms with E-state index in [0.29, 0.717) is 23.6 Å². The Hall–Kier alpha value is -1.50. The van der Waals surface area contributed by atoms with Gasteiger partial charge < -0.3 is 10.7 Å². The minimum atomic E-state index is -2.42. The molecule has 1 heterocycles. The zero-order valence-corrected chi connectivity index (χ0v) is 8.30. The molecule has 0 atom stereocenters. The number of hydrogen-bond acceptors (Lipinski definition) is 5. The van der Waals surface area contributed by atoms with Crippen molar-refractivity contribution in [2.24, 2.45) is 5.84 Å². The summed E-state index contributed by atoms with van der Waals surface area (Å²) in [4.78, 5) is 7.76. The summed E-state index contributed by atoms with van der Waals surface area (Å²) in [5.41, 5.74) is 3.09. The third-order valence-corrected chi connectivity index (χ3v) is 1.86. The molecule has 4 N–H and O–H groups in total. The summed E-state index contributed by atoms with van der Waals surface area (Å²) >= 11 is 0. The molecular formula is C8H13F2N5. The smallest absolute Gasteiger partial charge is 0.255 e. The van der Waals surface area contributed by atoms with Crippen LogP contribution in [-0.4, -0.2) is 22.9 Å². The molecule has 0 saturated carbocycles. The van der Waals surface area contributed by atoms with Crippen LogP contribution in [-0.2, 0) is 6.42 Å². The monoisotopic (exact) mass is 217 g/mol. The van der Waals surface area contributed by atoms with Crippen molar-refractivity contribution in [2.45, 2.75) is 19.8 Å². The topological polar surface area (TPSA) is 75.9 Å². The highest BCUT2D eigenvalue weighted by molar-refractivity contribution is 5.56. The molecule has 0 aliphatic rings. The Morgan fingerprint density at radius 2 is 2.07 bits per heavy atom. The van der Waals surface area contributed by atoms with E-state index in [1.807, 2.05) is 6.92 Å². The van der Waals surface area contributed by atoms with Crippen LogP contribution in [0.4, 0.5) is 20.4 Å². The van der Waals surface area contributed by atoms with Gasteiger partial charge in [0.05, 0.1) is 6.54 Å². The van der Waals surface area contributed by atoms with Crippen LogP contribution in [0.15, 0.2) is 6.33 Å². The van der Waals surface area contributed by atoms with Gasteiger partial charge >= 0.3 is 0 Å². The predicted molar refractivity (Wildman–Crippen MR) is 53.7 cm³/mol. The van der Waals surface area contributed by atoms with Crippen LogP contribution >= 0.6 is 0 Å². The average Bonchev–Trinajstić information content (AvgIpc) is 2.25. The van der Waals surface area contributed by atoms with E-state index >= 15 is 0 Å². The lowest BCUT2D eigenvalue weighted by Crippen LogP contribution is -2.16. The minimum absolute atomic E-state index is 0.390. The molecule has 1 aromatic heterocycles. The highest BCUT2D eigenvalue weighted by Crippen LogP contribution is 2.19. The standard InChI is InChI=1S/C8H13F2N5/c1-2-5-7(12-3-6(9)10)13-4-14-8(5)15-11/h4,6H,2-3,11H2,1H3,(H2,12,13,14,15). The molecule has 84 valence electrons. The Labute approximate surface area is 86.1 Å². The van der Waals surface area contributed by atoms with Crippen LogP contribution in [0.2, 0.25) is 0 Å². The van der Waals surface area contributed by atoms with Crippen LogP contribution in [0.1, 0.15) is 12.5 Å². The lowest BCUT2D eigenvalue weighted by molar-refractivity contribution is 0.163. The maximum Gasteiger partial charge on any atom is 0.255 e. The van der Waals surface area contributed by atoms with Gasteiger partial charge in [-0.3, -0.25) is 0 Å². The molecule has 0 bridgehead atoms. The number of alkyl halides is 2. The summed E-state index contributed by atoms with van der Waals surface area (Å²) in [6, 6.07) is 0. The Kier molecular flexibility index (Phi) is 4.17. The van der Waals surface area contributed by atoms with E-state index in [2.05, 4.69) is 20.7 Å². The van der Waals surface area contributed by atoms with Gasteiger partial charge in [-0.25, -0.2) is 24.6 Å². The Morgan fingerprint density at radius 1 is 1.40 bits per heavy atom. The second kappa shape index (κ2) is 5.40. The fraction of sp³-hybridized carbons (Fsp3) is 0.500. The SMILES string of the molecule is CCc1c(NN)ncnc1NCC(F)F. The third kappa shape index (κ3) is 2.98. The molecule has 0 saturated heterocycles. The van der Waals surface area contributed by atoms with Crippen molar-refractivity contribution in [3.8, 4) is 0 Å². The van der Waals surface area contributed by atoms with E-state index in [4.69, 9.17) is 5.84 Å². The summed E-state index contributed by atoms with van der Waals surface area (Å²) in [6.07, 6.45) is -0.548. The zero-order chi connectivity index (χ0) is 11.3. The van der Waals surface area contributed by atoms with Gasteiger partial charge in [0.2, 0.25) is 0 Å². The number of nitrogens with two attached hydrogens (primary N) is 1. The van der Waals surface area contributed by atoms with Gasteiger partial charge in [0.25, 0.3) is 6.43 Å². The summed E-state index contributed by atoms with van der Waals surface area (Å²) in [5, 5.41) is 2.54. The normalized spacial score (nSPS) is 10.5. The number of rotatable bonds is 5. The van der Waals surface area contributed by atoms with Crippen LogP contribution in [0.5, 0.6) is 0 Å². The summed E-state index contributed by atoms with van der Waals surface area (Å²) < 4.78 is 24.0. The summed E-state index contributed by atoms with van der Waals surface area (Å²) in [5.74, 6) is 6.07. The molecule has 0 spiro atoms. The first-order valence-electron chi connectivity index (χ1n) is 4.51. The number of hydrazine groups is 1. The number of nitrogen functional groups attached to an aromatic ring is 1. The van der Waals surface area contributed by atoms with Crippen molar-refractivity contribution in [2.75, 3.05) is 17.3 Å². The molecule has 5 nitrogen and oxygen atoms in total. The highest BCUT2D eigenvalue weighted by Gasteiger charge is 2.10. The molecule has 15 heavy (non-hydrogen) atoms. The molecule has 0 fully saturated rings. The number of nitrogens with zero attached hydrogens (tertiary/aromatic N) is 2. The van der Waals surface area contributed by atoms with Gasteiger partial charge in [-0.1, -0.05) is 6.92 Å². The second-order valence-corrected chi connectivity index (χ2v) is 2.82. The van der Waals surface area contributed by atoms with E-state index in [1.54, 1.807) is 0 Å². The molecule has 7 heteroatoms. The van der Waals surface area contributed by atoms with E-state index in [0.717, 1.165) is 0 Å². The minimum Gasteiger partial charge on any atom is -0.364 e. The first kappa shape index (κ1) is 11.6. The fourth-order valence-electron chi connectivity index (χ4n) is 1.20. The predicted octanol–water partition coefficient (Wildman–Crippen LogP) is 1.00. The molecule has 1 aromatic rings. The molecule has 1 rings (SSSR count). The maximum atomic E-state index is 12.0. The van der Waals surface area contributed by atoms with Crippen molar-refractivity contribution in [1.82, 2.24) is 9.97 Å². The van der Waals surface area contributed by atoms with Gasteiger partial charge in [0.1, 0.15) is 18.0 Å². The van der Waals surface area contributed by atoms with Crippen molar-refractivity contribution < 1.29 is 8.78 Å². The summed E-state index contributed by atoms with van der Waals surface area (Å²) in [6.45, 7) is 1.43. The zero-order valence-electron chi connectivity index (χ0n) is 8.30. The Bertz CT molecular complexity index is 318. The molecule has 0 amide bonds. The summed E-state index contributed by atoms with van der Waals surface area (Å²) in [7, 11) is 0. The molecule has 0 radical (unpaired) electrons. The van der Waals surface area contributed by atoms with E-state index in [9.17, 15) is 8.78 Å². The molecular weight excluding hydrogens is 204 g/mol. The number of aromatic nitrogens is 2. The van der Waals surface area contributed by atoms with Gasteiger partial charge in [-0.2, -0.15) is 0 Å². The van der Waals surface area contributed by atoms with Crippen LogP contribution < -0.4 is 16.6 Å². The number of anilines is 2. The largest absolute Gasteiger partial charge is 0.364 e. The highest BCUT2D eigenvalue weighted by atomic mass is 19.3. The first-order valence-corrected chi connectivity index (χ1v) is 4.51. The average molecular weight is 217 g/mol.